The molecule has 1 unspecified atom stereocenters. The van der Waals surface area contributed by atoms with E-state index in [4.69, 9.17) is 27.9 Å². The van der Waals surface area contributed by atoms with Gasteiger partial charge in [-0.2, -0.15) is 4.80 Å². The van der Waals surface area contributed by atoms with E-state index in [1.54, 1.807) is 25.1 Å². The molecule has 1 aromatic heterocycles. The van der Waals surface area contributed by atoms with Gasteiger partial charge >= 0.3 is 5.97 Å². The van der Waals surface area contributed by atoms with E-state index in [9.17, 15) is 14.4 Å². The molecule has 1 atom stereocenters. The zero-order chi connectivity index (χ0) is 25.9. The van der Waals surface area contributed by atoms with Crippen LogP contribution in [0, 0.1) is 0 Å². The second kappa shape index (κ2) is 14.0. The predicted octanol–water partition coefficient (Wildman–Crippen LogP) is 4.15. The molecule has 0 spiro atoms. The van der Waals surface area contributed by atoms with Gasteiger partial charge in [-0.3, -0.25) is 14.4 Å². The number of nitrogens with zero attached hydrogens (tertiary/aromatic N) is 4. The van der Waals surface area contributed by atoms with Crippen LogP contribution in [0.4, 0.5) is 4.79 Å². The molecule has 0 fully saturated rings. The number of aryl methyl sites for hydroxylation is 1. The molecule has 3 aromatic rings. The third kappa shape index (κ3) is 8.61. The zero-order valence-corrected chi connectivity index (χ0v) is 21.9. The van der Waals surface area contributed by atoms with Crippen molar-refractivity contribution >= 4 is 52.0 Å². The fourth-order valence-corrected chi connectivity index (χ4v) is 4.53. The SMILES string of the molecule is CCOC(=O)CC(NC(=O)SCCc1ccccc1)C(=O)Cn1nnc(Cc2c(Cl)cccc2Cl)n1. The van der Waals surface area contributed by atoms with Crippen LogP contribution in [0.1, 0.15) is 30.3 Å². The molecule has 0 saturated heterocycles. The number of esters is 1. The maximum Gasteiger partial charge on any atom is 0.308 e. The molecule has 12 heteroatoms. The molecule has 1 N–H and O–H groups in total. The van der Waals surface area contributed by atoms with Gasteiger partial charge in [-0.1, -0.05) is 71.4 Å². The number of tetrazole rings is 1. The number of aromatic nitrogens is 4. The Hall–Kier alpha value is -2.95. The fraction of sp³-hybridized carbons (Fsp3) is 0.333. The van der Waals surface area contributed by atoms with E-state index in [1.807, 2.05) is 30.3 Å². The minimum absolute atomic E-state index is 0.165. The van der Waals surface area contributed by atoms with Gasteiger partial charge in [-0.25, -0.2) is 0 Å². The number of hydrogen-bond donors (Lipinski definition) is 1. The number of carbonyl (C=O) groups excluding carboxylic acids is 3. The average molecular weight is 550 g/mol. The molecule has 0 bridgehead atoms. The molecule has 9 nitrogen and oxygen atoms in total. The van der Waals surface area contributed by atoms with Gasteiger partial charge in [0.1, 0.15) is 12.6 Å². The topological polar surface area (TPSA) is 116 Å². The van der Waals surface area contributed by atoms with Crippen LogP contribution in [0.5, 0.6) is 0 Å². The lowest BCUT2D eigenvalue weighted by atomic mass is 10.1. The third-order valence-corrected chi connectivity index (χ3v) is 6.51. The molecule has 0 aliphatic heterocycles. The number of nitrogens with one attached hydrogen (secondary N) is 1. The van der Waals surface area contributed by atoms with Crippen LogP contribution in [-0.2, 0) is 33.7 Å². The largest absolute Gasteiger partial charge is 0.466 e. The van der Waals surface area contributed by atoms with Crippen molar-refractivity contribution in [1.29, 1.82) is 0 Å². The van der Waals surface area contributed by atoms with Crippen LogP contribution in [0.3, 0.4) is 0 Å². The van der Waals surface area contributed by atoms with E-state index in [2.05, 4.69) is 20.7 Å². The van der Waals surface area contributed by atoms with Crippen molar-refractivity contribution in [3.05, 3.63) is 75.5 Å². The van der Waals surface area contributed by atoms with Crippen LogP contribution in [-0.4, -0.2) is 55.6 Å². The minimum Gasteiger partial charge on any atom is -0.466 e. The molecule has 1 heterocycles. The highest BCUT2D eigenvalue weighted by Gasteiger charge is 2.26. The number of carbonyl (C=O) groups is 3. The summed E-state index contributed by atoms with van der Waals surface area (Å²) in [4.78, 5) is 38.6. The molecular formula is C24H25Cl2N5O4S. The Kier molecular flexibility index (Phi) is 10.7. The van der Waals surface area contributed by atoms with E-state index in [0.29, 0.717) is 33.6 Å². The lowest BCUT2D eigenvalue weighted by Gasteiger charge is -2.16. The number of amides is 1. The molecule has 0 aliphatic carbocycles. The number of rotatable bonds is 12. The van der Waals surface area contributed by atoms with E-state index >= 15 is 0 Å². The number of thioether (sulfide) groups is 1. The molecule has 190 valence electrons. The minimum atomic E-state index is -1.09. The molecule has 1 amide bonds. The van der Waals surface area contributed by atoms with Crippen molar-refractivity contribution in [1.82, 2.24) is 25.5 Å². The lowest BCUT2D eigenvalue weighted by molar-refractivity contribution is -0.145. The highest BCUT2D eigenvalue weighted by atomic mass is 35.5. The molecule has 2 aromatic carbocycles. The Morgan fingerprint density at radius 2 is 1.81 bits per heavy atom. The Balaban J connectivity index is 1.60. The first-order chi connectivity index (χ1) is 17.4. The van der Waals surface area contributed by atoms with E-state index < -0.39 is 23.0 Å². The highest BCUT2D eigenvalue weighted by Crippen LogP contribution is 2.25. The van der Waals surface area contributed by atoms with Gasteiger partial charge in [0.15, 0.2) is 11.6 Å². The molecule has 0 aliphatic rings. The number of Topliss-reactive ketones (excluding diaryl/α,β-unsaturated/α-hetero) is 1. The predicted molar refractivity (Wildman–Crippen MR) is 138 cm³/mol. The summed E-state index contributed by atoms with van der Waals surface area (Å²) in [6.45, 7) is 1.54. The zero-order valence-electron chi connectivity index (χ0n) is 19.5. The second-order valence-corrected chi connectivity index (χ2v) is 9.54. The van der Waals surface area contributed by atoms with Crippen molar-refractivity contribution in [2.45, 2.75) is 38.8 Å². The Labute approximate surface area is 222 Å². The van der Waals surface area contributed by atoms with Gasteiger partial charge in [0.05, 0.1) is 13.0 Å². The van der Waals surface area contributed by atoms with E-state index in [-0.39, 0.29) is 26.0 Å². The number of halogens is 2. The number of benzene rings is 2. The maximum absolute atomic E-state index is 13.0. The third-order valence-electron chi connectivity index (χ3n) is 5.01. The van der Waals surface area contributed by atoms with Crippen LogP contribution in [0.25, 0.3) is 0 Å². The standard InChI is InChI=1S/C24H25Cl2N5O4S/c1-2-35-23(33)14-20(27-24(34)36-12-11-16-7-4-3-5-8-16)21(32)15-31-29-22(28-30-31)13-17-18(25)9-6-10-19(17)26/h3-10,20H,2,11-15H2,1H3,(H,27,34). The lowest BCUT2D eigenvalue weighted by Crippen LogP contribution is -2.43. The molecule has 0 radical (unpaired) electrons. The van der Waals surface area contributed by atoms with E-state index in [1.165, 1.54) is 0 Å². The molecule has 0 saturated carbocycles. The summed E-state index contributed by atoms with van der Waals surface area (Å²) in [5.74, 6) is -0.208. The summed E-state index contributed by atoms with van der Waals surface area (Å²) in [6.07, 6.45) is 0.624. The Bertz CT molecular complexity index is 1170. The van der Waals surface area contributed by atoms with Crippen molar-refractivity contribution in [3.8, 4) is 0 Å². The highest BCUT2D eigenvalue weighted by molar-refractivity contribution is 8.13. The number of ketones is 1. The van der Waals surface area contributed by atoms with Gasteiger partial charge in [0, 0.05) is 22.2 Å². The number of hydrogen-bond acceptors (Lipinski definition) is 8. The molecular weight excluding hydrogens is 525 g/mol. The monoisotopic (exact) mass is 549 g/mol. The van der Waals surface area contributed by atoms with Gasteiger partial charge < -0.3 is 10.1 Å². The first-order valence-corrected chi connectivity index (χ1v) is 12.9. The summed E-state index contributed by atoms with van der Waals surface area (Å²) >= 11 is 13.4. The fourth-order valence-electron chi connectivity index (χ4n) is 3.25. The smallest absolute Gasteiger partial charge is 0.308 e. The van der Waals surface area contributed by atoms with Crippen LogP contribution in [0.15, 0.2) is 48.5 Å². The van der Waals surface area contributed by atoms with Crippen molar-refractivity contribution < 1.29 is 19.1 Å². The second-order valence-electron chi connectivity index (χ2n) is 7.66. The molecule has 36 heavy (non-hydrogen) atoms. The van der Waals surface area contributed by atoms with Crippen LogP contribution >= 0.6 is 35.0 Å². The summed E-state index contributed by atoms with van der Waals surface area (Å²) in [5.41, 5.74) is 1.75. The quantitative estimate of drug-likeness (QED) is 0.335. The van der Waals surface area contributed by atoms with Crippen molar-refractivity contribution in [2.75, 3.05) is 12.4 Å². The number of ether oxygens (including phenoxy) is 1. The van der Waals surface area contributed by atoms with Gasteiger partial charge in [-0.05, 0) is 41.8 Å². The van der Waals surface area contributed by atoms with Crippen molar-refractivity contribution in [3.63, 3.8) is 0 Å². The van der Waals surface area contributed by atoms with Gasteiger partial charge in [0.25, 0.3) is 5.24 Å². The first-order valence-electron chi connectivity index (χ1n) is 11.2. The summed E-state index contributed by atoms with van der Waals surface area (Å²) < 4.78 is 4.96. The average Bonchev–Trinajstić information content (AvgIpc) is 3.29. The maximum atomic E-state index is 13.0. The van der Waals surface area contributed by atoms with Crippen LogP contribution in [0.2, 0.25) is 10.0 Å². The molecule has 3 rings (SSSR count). The summed E-state index contributed by atoms with van der Waals surface area (Å²) in [6, 6.07) is 13.8. The van der Waals surface area contributed by atoms with Gasteiger partial charge in [0.2, 0.25) is 0 Å². The Morgan fingerprint density at radius 3 is 2.50 bits per heavy atom. The normalized spacial score (nSPS) is 11.6. The Morgan fingerprint density at radius 1 is 1.08 bits per heavy atom. The van der Waals surface area contributed by atoms with Gasteiger partial charge in [-0.15, -0.1) is 10.2 Å². The summed E-state index contributed by atoms with van der Waals surface area (Å²) in [7, 11) is 0. The van der Waals surface area contributed by atoms with Crippen molar-refractivity contribution in [2.24, 2.45) is 0 Å². The van der Waals surface area contributed by atoms with Crippen LogP contribution < -0.4 is 5.32 Å². The summed E-state index contributed by atoms with van der Waals surface area (Å²) in [5, 5.41) is 15.2. The first kappa shape index (κ1) is 27.6. The van der Waals surface area contributed by atoms with E-state index in [0.717, 1.165) is 22.1 Å².